The minimum absolute atomic E-state index is 0.139. The Morgan fingerprint density at radius 2 is 2.08 bits per heavy atom. The van der Waals surface area contributed by atoms with Crippen LogP contribution in [0, 0.1) is 0 Å². The molecule has 0 spiro atoms. The van der Waals surface area contributed by atoms with Crippen LogP contribution in [0.5, 0.6) is 5.75 Å². The molecule has 0 amide bonds. The van der Waals surface area contributed by atoms with E-state index in [-0.39, 0.29) is 10.9 Å². The highest BCUT2D eigenvalue weighted by Crippen LogP contribution is 2.24. The standard InChI is InChI=1S/C6H3Cl2F2NO/c7-5-2-1-4(3-11-5)12-6(8,9)10/h1-3H. The minimum Gasteiger partial charge on any atom is -0.418 e. The van der Waals surface area contributed by atoms with Crippen molar-refractivity contribution < 1.29 is 13.5 Å². The predicted octanol–water partition coefficient (Wildman–Crippen LogP) is 2.90. The van der Waals surface area contributed by atoms with Crippen molar-refractivity contribution in [1.29, 1.82) is 0 Å². The summed E-state index contributed by atoms with van der Waals surface area (Å²) in [5.74, 6) is -0.139. The molecule has 66 valence electrons. The van der Waals surface area contributed by atoms with E-state index in [1.165, 1.54) is 12.1 Å². The van der Waals surface area contributed by atoms with Gasteiger partial charge in [-0.1, -0.05) is 11.6 Å². The minimum atomic E-state index is -3.71. The zero-order valence-electron chi connectivity index (χ0n) is 5.60. The fourth-order valence-corrected chi connectivity index (χ4v) is 0.757. The molecule has 6 heteroatoms. The maximum atomic E-state index is 12.0. The van der Waals surface area contributed by atoms with E-state index in [9.17, 15) is 8.78 Å². The van der Waals surface area contributed by atoms with Gasteiger partial charge in [-0.25, -0.2) is 4.98 Å². The second-order valence-electron chi connectivity index (χ2n) is 1.86. The Balaban J connectivity index is 2.71. The van der Waals surface area contributed by atoms with Gasteiger partial charge in [0.1, 0.15) is 10.9 Å². The monoisotopic (exact) mass is 213 g/mol. The van der Waals surface area contributed by atoms with Gasteiger partial charge in [0.25, 0.3) is 0 Å². The number of hydrogen-bond acceptors (Lipinski definition) is 2. The van der Waals surface area contributed by atoms with Crippen LogP contribution in [-0.2, 0) is 0 Å². The van der Waals surface area contributed by atoms with Gasteiger partial charge < -0.3 is 4.74 Å². The Morgan fingerprint density at radius 3 is 2.50 bits per heavy atom. The molecule has 0 bridgehead atoms. The average Bonchev–Trinajstić information content (AvgIpc) is 1.91. The topological polar surface area (TPSA) is 22.1 Å². The Morgan fingerprint density at radius 1 is 1.42 bits per heavy atom. The molecule has 1 aromatic heterocycles. The third-order valence-corrected chi connectivity index (χ3v) is 1.23. The first-order chi connectivity index (χ1) is 5.47. The molecule has 0 aliphatic carbocycles. The summed E-state index contributed by atoms with van der Waals surface area (Å²) in [6, 6.07) is 2.56. The van der Waals surface area contributed by atoms with E-state index in [1.807, 2.05) is 0 Å². The van der Waals surface area contributed by atoms with Crippen molar-refractivity contribution in [2.45, 2.75) is 5.57 Å². The Kier molecular flexibility index (Phi) is 2.69. The maximum absolute atomic E-state index is 12.0. The van der Waals surface area contributed by atoms with Gasteiger partial charge in [0.15, 0.2) is 0 Å². The molecule has 1 rings (SSSR count). The number of aromatic nitrogens is 1. The van der Waals surface area contributed by atoms with E-state index < -0.39 is 5.57 Å². The van der Waals surface area contributed by atoms with Gasteiger partial charge in [-0.05, 0) is 12.1 Å². The molecule has 0 unspecified atom stereocenters. The highest BCUT2D eigenvalue weighted by Gasteiger charge is 2.27. The first kappa shape index (κ1) is 9.48. The lowest BCUT2D eigenvalue weighted by Crippen LogP contribution is -2.15. The summed E-state index contributed by atoms with van der Waals surface area (Å²) in [6.07, 6.45) is 1.05. The molecule has 0 N–H and O–H groups in total. The molecular weight excluding hydrogens is 211 g/mol. The Labute approximate surface area is 77.1 Å². The lowest BCUT2D eigenvalue weighted by atomic mass is 10.5. The third kappa shape index (κ3) is 3.19. The molecule has 0 fully saturated rings. The third-order valence-electron chi connectivity index (χ3n) is 0.934. The van der Waals surface area contributed by atoms with Crippen molar-refractivity contribution >= 4 is 23.2 Å². The highest BCUT2D eigenvalue weighted by molar-refractivity contribution is 6.29. The van der Waals surface area contributed by atoms with Gasteiger partial charge in [0.05, 0.1) is 6.20 Å². The van der Waals surface area contributed by atoms with Crippen LogP contribution in [0.1, 0.15) is 0 Å². The van der Waals surface area contributed by atoms with Gasteiger partial charge in [-0.3, -0.25) is 0 Å². The lowest BCUT2D eigenvalue weighted by Gasteiger charge is -2.09. The average molecular weight is 214 g/mol. The van der Waals surface area contributed by atoms with Crippen molar-refractivity contribution in [3.05, 3.63) is 23.5 Å². The van der Waals surface area contributed by atoms with Crippen LogP contribution < -0.4 is 4.74 Å². The van der Waals surface area contributed by atoms with Crippen molar-refractivity contribution in [3.8, 4) is 5.75 Å². The first-order valence-electron chi connectivity index (χ1n) is 2.85. The summed E-state index contributed by atoms with van der Waals surface area (Å²) in [5, 5.41) is 0.195. The van der Waals surface area contributed by atoms with E-state index >= 15 is 0 Å². The predicted molar refractivity (Wildman–Crippen MR) is 40.7 cm³/mol. The first-order valence-corrected chi connectivity index (χ1v) is 3.60. The molecule has 0 aliphatic rings. The lowest BCUT2D eigenvalue weighted by molar-refractivity contribution is -0.0966. The molecule has 12 heavy (non-hydrogen) atoms. The number of ether oxygens (including phenoxy) is 1. The number of nitrogens with zero attached hydrogens (tertiary/aromatic N) is 1. The summed E-state index contributed by atoms with van der Waals surface area (Å²) < 4.78 is 27.9. The van der Waals surface area contributed by atoms with Crippen LogP contribution in [0.4, 0.5) is 8.78 Å². The number of halogens is 4. The maximum Gasteiger partial charge on any atom is 0.487 e. The molecule has 1 aromatic rings. The van der Waals surface area contributed by atoms with Crippen LogP contribution in [0.3, 0.4) is 0 Å². The fourth-order valence-electron chi connectivity index (χ4n) is 0.556. The Bertz CT molecular complexity index is 259. The van der Waals surface area contributed by atoms with E-state index in [0.717, 1.165) is 6.20 Å². The Hall–Kier alpha value is -0.610. The van der Waals surface area contributed by atoms with Crippen LogP contribution in [0.2, 0.25) is 5.15 Å². The van der Waals surface area contributed by atoms with Gasteiger partial charge >= 0.3 is 5.57 Å². The summed E-state index contributed by atoms with van der Waals surface area (Å²) in [7, 11) is 0. The summed E-state index contributed by atoms with van der Waals surface area (Å²) >= 11 is 9.89. The molecule has 0 atom stereocenters. The zero-order valence-corrected chi connectivity index (χ0v) is 7.11. The van der Waals surface area contributed by atoms with Crippen LogP contribution >= 0.6 is 23.2 Å². The van der Waals surface area contributed by atoms with Crippen LogP contribution in [0.25, 0.3) is 0 Å². The number of hydrogen-bond donors (Lipinski definition) is 0. The van der Waals surface area contributed by atoms with Crippen molar-refractivity contribution in [2.24, 2.45) is 0 Å². The number of alkyl halides is 3. The van der Waals surface area contributed by atoms with E-state index in [4.69, 9.17) is 11.6 Å². The van der Waals surface area contributed by atoms with Gasteiger partial charge in [-0.2, -0.15) is 0 Å². The SMILES string of the molecule is FC(F)(Cl)Oc1ccc(Cl)nc1. The zero-order chi connectivity index (χ0) is 9.19. The summed E-state index contributed by atoms with van der Waals surface area (Å²) in [5.41, 5.74) is -3.71. The quantitative estimate of drug-likeness (QED) is 0.557. The fraction of sp³-hybridized carbons (Fsp3) is 0.167. The second kappa shape index (κ2) is 3.41. The van der Waals surface area contributed by atoms with Crippen LogP contribution in [0.15, 0.2) is 18.3 Å². The largest absolute Gasteiger partial charge is 0.487 e. The summed E-state index contributed by atoms with van der Waals surface area (Å²) in [4.78, 5) is 3.51. The van der Waals surface area contributed by atoms with E-state index in [1.54, 1.807) is 0 Å². The molecule has 2 nitrogen and oxygen atoms in total. The molecule has 0 radical (unpaired) electrons. The van der Waals surface area contributed by atoms with Crippen LogP contribution in [-0.4, -0.2) is 10.6 Å². The highest BCUT2D eigenvalue weighted by atomic mass is 35.5. The normalized spacial score (nSPS) is 11.3. The molecular formula is C6H3Cl2F2NO. The molecule has 0 saturated carbocycles. The van der Waals surface area contributed by atoms with Gasteiger partial charge in [0.2, 0.25) is 0 Å². The smallest absolute Gasteiger partial charge is 0.418 e. The molecule has 0 saturated heterocycles. The molecule has 0 aliphatic heterocycles. The molecule has 0 aromatic carbocycles. The molecule has 1 heterocycles. The number of pyridine rings is 1. The van der Waals surface area contributed by atoms with Gasteiger partial charge in [-0.15, -0.1) is 8.78 Å². The van der Waals surface area contributed by atoms with Gasteiger partial charge in [0, 0.05) is 11.6 Å². The van der Waals surface area contributed by atoms with Crippen molar-refractivity contribution in [1.82, 2.24) is 4.98 Å². The summed E-state index contributed by atoms with van der Waals surface area (Å²) in [6.45, 7) is 0. The van der Waals surface area contributed by atoms with E-state index in [2.05, 4.69) is 21.3 Å². The second-order valence-corrected chi connectivity index (χ2v) is 2.69. The number of rotatable bonds is 2. The van der Waals surface area contributed by atoms with E-state index in [0.29, 0.717) is 0 Å². The van der Waals surface area contributed by atoms with Crippen molar-refractivity contribution in [3.63, 3.8) is 0 Å². The van der Waals surface area contributed by atoms with Crippen molar-refractivity contribution in [2.75, 3.05) is 0 Å².